The molecule has 0 atom stereocenters. The summed E-state index contributed by atoms with van der Waals surface area (Å²) in [6, 6.07) is 15.4. The summed E-state index contributed by atoms with van der Waals surface area (Å²) in [6.45, 7) is 7.79. The Hall–Kier alpha value is -1.68. The van der Waals surface area contributed by atoms with Gasteiger partial charge in [-0.1, -0.05) is 29.8 Å². The molecule has 1 aromatic heterocycles. The van der Waals surface area contributed by atoms with Crippen LogP contribution in [0.5, 0.6) is 0 Å². The minimum Gasteiger partial charge on any atom is -1.00 e. The molecule has 0 radical (unpaired) electrons. The number of hydrogen-bond donors (Lipinski definition) is 0. The van der Waals surface area contributed by atoms with Gasteiger partial charge in [0.25, 0.3) is 0 Å². The number of hydrogen-bond acceptors (Lipinski definition) is 3. The molecule has 0 aliphatic rings. The molecule has 0 spiro atoms. The molecule has 0 aliphatic carbocycles. The van der Waals surface area contributed by atoms with Gasteiger partial charge >= 0.3 is 85.5 Å². The second-order valence-corrected chi connectivity index (χ2v) is 7.95. The average molecular weight is 503 g/mol. The van der Waals surface area contributed by atoms with Crippen molar-refractivity contribution in [3.8, 4) is 0 Å². The number of aromatic nitrogens is 1. The van der Waals surface area contributed by atoms with E-state index < -0.39 is 0 Å². The Morgan fingerprint density at radius 1 is 0.833 bits per heavy atom. The first kappa shape index (κ1) is 26.4. The first-order valence-electron chi connectivity index (χ1n) is 8.95. The fourth-order valence-electron chi connectivity index (χ4n) is 2.49. The molecule has 158 valence electrons. The number of halogens is 3. The van der Waals surface area contributed by atoms with E-state index in [0.717, 1.165) is 38.4 Å². The monoisotopic (exact) mass is 501 g/mol. The van der Waals surface area contributed by atoms with Crippen LogP contribution in [0.1, 0.15) is 30.5 Å². The molecule has 2 aromatic carbocycles. The van der Waals surface area contributed by atoms with Crippen LogP contribution >= 0.6 is 23.2 Å². The van der Waals surface area contributed by atoms with E-state index in [9.17, 15) is 0 Å². The van der Waals surface area contributed by atoms with Crippen molar-refractivity contribution in [2.24, 2.45) is 9.98 Å². The molecule has 0 amide bonds. The Morgan fingerprint density at radius 3 is 1.80 bits per heavy atom. The molecular weight excluding hydrogens is 480 g/mol. The van der Waals surface area contributed by atoms with Crippen LogP contribution < -0.4 is 12.4 Å². The van der Waals surface area contributed by atoms with Crippen molar-refractivity contribution in [3.05, 3.63) is 87.7 Å². The molecule has 0 saturated heterocycles. The summed E-state index contributed by atoms with van der Waals surface area (Å²) in [5.41, 5.74) is 5.72. The zero-order valence-electron chi connectivity index (χ0n) is 17.1. The number of aryl methyl sites for hydroxylation is 2. The summed E-state index contributed by atoms with van der Waals surface area (Å²) in [6.07, 6.45) is 3.54. The fraction of sp³-hybridized carbons (Fsp3) is 0.174. The summed E-state index contributed by atoms with van der Waals surface area (Å²) in [7, 11) is 0. The van der Waals surface area contributed by atoms with Gasteiger partial charge in [-0.3, -0.25) is 9.98 Å². The standard InChI is InChI=1S/C14H13ClN2.C9H9ClN.ClH.Fe/c1-10-5-3-7-13(15)14(10)17-11(2)12-6-4-8-16-9-12;1-3-11-9-7(2)5-4-6-8(9)10;;/h3-9H,1-2H3;4-6H,1-2H3;1H;/q;;;+1/p-1. The molecule has 0 saturated carbocycles. The van der Waals surface area contributed by atoms with Gasteiger partial charge in [0.15, 0.2) is 0 Å². The predicted octanol–water partition coefficient (Wildman–Crippen LogP) is 4.43. The maximum Gasteiger partial charge on any atom is -1.00 e. The molecule has 0 bridgehead atoms. The fourth-order valence-corrected chi connectivity index (χ4v) is 3.14. The van der Waals surface area contributed by atoms with Crippen molar-refractivity contribution in [1.82, 2.24) is 4.98 Å². The Morgan fingerprint density at radius 2 is 1.37 bits per heavy atom. The van der Waals surface area contributed by atoms with Crippen LogP contribution in [-0.2, 0) is 16.0 Å². The predicted molar refractivity (Wildman–Crippen MR) is 121 cm³/mol. The van der Waals surface area contributed by atoms with E-state index in [0.29, 0.717) is 10.0 Å². The number of pyridine rings is 1. The third kappa shape index (κ3) is 7.86. The van der Waals surface area contributed by atoms with Gasteiger partial charge < -0.3 is 12.4 Å². The average Bonchev–Trinajstić information content (AvgIpc) is 2.69. The van der Waals surface area contributed by atoms with Crippen LogP contribution in [0.25, 0.3) is 0 Å². The molecule has 1 heterocycles. The minimum atomic E-state index is 0. The van der Waals surface area contributed by atoms with Crippen LogP contribution in [0.2, 0.25) is 10.0 Å². The van der Waals surface area contributed by atoms with Gasteiger partial charge in [-0.2, -0.15) is 0 Å². The van der Waals surface area contributed by atoms with E-state index in [-0.39, 0.29) is 12.4 Å². The van der Waals surface area contributed by atoms with Crippen molar-refractivity contribution in [1.29, 1.82) is 0 Å². The normalized spacial score (nSPS) is 11.3. The maximum absolute atomic E-state index is 6.14. The summed E-state index contributed by atoms with van der Waals surface area (Å²) < 4.78 is 0.770. The van der Waals surface area contributed by atoms with E-state index >= 15 is 0 Å². The van der Waals surface area contributed by atoms with Gasteiger partial charge in [-0.05, 0) is 31.5 Å². The van der Waals surface area contributed by atoms with Crippen LogP contribution in [0.15, 0.2) is 70.9 Å². The molecule has 0 aliphatic heterocycles. The topological polar surface area (TPSA) is 37.6 Å². The largest absolute Gasteiger partial charge is 1.00 e. The molecule has 0 unspecified atom stereocenters. The van der Waals surface area contributed by atoms with Crippen molar-refractivity contribution >= 4 is 44.9 Å². The molecular formula is C23H22Cl3FeN3. The number of para-hydroxylation sites is 2. The van der Waals surface area contributed by atoms with Gasteiger partial charge in [0.2, 0.25) is 0 Å². The van der Waals surface area contributed by atoms with E-state index in [1.807, 2.05) is 76.2 Å². The summed E-state index contributed by atoms with van der Waals surface area (Å²) in [4.78, 5) is 12.9. The van der Waals surface area contributed by atoms with Crippen molar-refractivity contribution < 1.29 is 28.4 Å². The van der Waals surface area contributed by atoms with Gasteiger partial charge in [0.05, 0.1) is 10.7 Å². The molecule has 3 rings (SSSR count). The van der Waals surface area contributed by atoms with E-state index in [2.05, 4.69) is 31.0 Å². The smallest absolute Gasteiger partial charge is 1.00 e. The first-order chi connectivity index (χ1) is 13.8. The van der Waals surface area contributed by atoms with Gasteiger partial charge in [0.1, 0.15) is 0 Å². The summed E-state index contributed by atoms with van der Waals surface area (Å²) in [5, 5.41) is 1.35. The van der Waals surface area contributed by atoms with Crippen molar-refractivity contribution in [2.45, 2.75) is 27.7 Å². The maximum atomic E-state index is 6.14. The van der Waals surface area contributed by atoms with Crippen LogP contribution in [-0.4, -0.2) is 15.3 Å². The molecule has 3 nitrogen and oxygen atoms in total. The van der Waals surface area contributed by atoms with Crippen LogP contribution in [0.4, 0.5) is 11.4 Å². The van der Waals surface area contributed by atoms with E-state index in [1.54, 1.807) is 12.4 Å². The molecule has 3 aromatic rings. The summed E-state index contributed by atoms with van der Waals surface area (Å²) in [5.74, 6) is 0. The van der Waals surface area contributed by atoms with Gasteiger partial charge in [-0.25, -0.2) is 0 Å². The SMILES string of the molecule is CC(=Nc1c(C)cccc1Cl)c1cccnc1.C[C]([Fe+])=Nc1c(C)cccc1Cl.[Cl-]. The zero-order valence-corrected chi connectivity index (χ0v) is 20.5. The second kappa shape index (κ2) is 12.9. The molecule has 0 fully saturated rings. The Kier molecular flexibility index (Phi) is 11.3. The number of rotatable bonds is 3. The zero-order chi connectivity index (χ0) is 21.4. The summed E-state index contributed by atoms with van der Waals surface area (Å²) >= 11 is 15.8. The van der Waals surface area contributed by atoms with Gasteiger partial charge in [-0.15, -0.1) is 0 Å². The Bertz CT molecular complexity index is 991. The molecule has 7 heteroatoms. The Labute approximate surface area is 202 Å². The van der Waals surface area contributed by atoms with E-state index in [4.69, 9.17) is 23.2 Å². The number of aliphatic imine (C=N–C) groups is 2. The minimum absolute atomic E-state index is 0. The van der Waals surface area contributed by atoms with Crippen LogP contribution in [0.3, 0.4) is 0 Å². The van der Waals surface area contributed by atoms with Gasteiger partial charge in [0, 0.05) is 23.7 Å². The first-order valence-corrected chi connectivity index (χ1v) is 10.3. The Balaban J connectivity index is 0.000000308. The van der Waals surface area contributed by atoms with Crippen molar-refractivity contribution in [3.63, 3.8) is 0 Å². The van der Waals surface area contributed by atoms with E-state index in [1.165, 1.54) is 0 Å². The second-order valence-electron chi connectivity index (χ2n) is 6.34. The number of benzene rings is 2. The number of nitrogens with zero attached hydrogens (tertiary/aromatic N) is 3. The molecule has 0 N–H and O–H groups in total. The van der Waals surface area contributed by atoms with Crippen LogP contribution in [0, 0.1) is 13.8 Å². The molecule has 30 heavy (non-hydrogen) atoms. The third-order valence-corrected chi connectivity index (χ3v) is 4.73. The van der Waals surface area contributed by atoms with Crippen molar-refractivity contribution in [2.75, 3.05) is 0 Å². The third-order valence-electron chi connectivity index (χ3n) is 4.00. The quantitative estimate of drug-likeness (QED) is 0.386.